The zero-order chi connectivity index (χ0) is 13.9. The standard InChI is InChI=1S/C12H14ClN3O2S/c1-2-11(9-3-5-10(13)6-4-9)16-19(17,18)12-7-14-8-15-12/h3-8,11,16H,2H2,1H3,(H,14,15). The molecule has 0 aliphatic carbocycles. The SMILES string of the molecule is CCC(NS(=O)(=O)c1cnc[nH]1)c1ccc(Cl)cc1. The first-order chi connectivity index (χ1) is 9.03. The van der Waals surface area contributed by atoms with Gasteiger partial charge >= 0.3 is 0 Å². The normalized spacial score (nSPS) is 13.4. The van der Waals surface area contributed by atoms with Crippen LogP contribution in [0.5, 0.6) is 0 Å². The van der Waals surface area contributed by atoms with E-state index in [1.54, 1.807) is 12.1 Å². The quantitative estimate of drug-likeness (QED) is 0.890. The average Bonchev–Trinajstić information content (AvgIpc) is 2.92. The number of nitrogens with one attached hydrogen (secondary N) is 2. The zero-order valence-corrected chi connectivity index (χ0v) is 11.9. The van der Waals surface area contributed by atoms with Crippen LogP contribution in [0.2, 0.25) is 5.02 Å². The third-order valence-electron chi connectivity index (χ3n) is 2.74. The molecule has 2 N–H and O–H groups in total. The number of benzene rings is 1. The summed E-state index contributed by atoms with van der Waals surface area (Å²) in [6.07, 6.45) is 3.24. The van der Waals surface area contributed by atoms with E-state index in [4.69, 9.17) is 11.6 Å². The van der Waals surface area contributed by atoms with Gasteiger partial charge in [0.2, 0.25) is 0 Å². The Hall–Kier alpha value is -1.37. The van der Waals surface area contributed by atoms with Crippen LogP contribution >= 0.6 is 11.6 Å². The van der Waals surface area contributed by atoms with E-state index in [0.717, 1.165) is 5.56 Å². The van der Waals surface area contributed by atoms with Crippen molar-refractivity contribution in [3.8, 4) is 0 Å². The van der Waals surface area contributed by atoms with Crippen LogP contribution in [-0.2, 0) is 10.0 Å². The van der Waals surface area contributed by atoms with Crippen molar-refractivity contribution in [1.29, 1.82) is 0 Å². The maximum atomic E-state index is 12.1. The lowest BCUT2D eigenvalue weighted by molar-refractivity contribution is 0.547. The third kappa shape index (κ3) is 3.34. The van der Waals surface area contributed by atoms with Crippen molar-refractivity contribution in [2.24, 2.45) is 0 Å². The smallest absolute Gasteiger partial charge is 0.258 e. The largest absolute Gasteiger partial charge is 0.335 e. The Morgan fingerprint density at radius 2 is 2.05 bits per heavy atom. The predicted octanol–water partition coefficient (Wildman–Crippen LogP) is 2.49. The Labute approximate surface area is 117 Å². The number of hydrogen-bond acceptors (Lipinski definition) is 3. The number of halogens is 1. The van der Waals surface area contributed by atoms with Crippen LogP contribution in [0.3, 0.4) is 0 Å². The van der Waals surface area contributed by atoms with Gasteiger partial charge in [0.15, 0.2) is 5.03 Å². The molecule has 0 aliphatic heterocycles. The molecule has 1 atom stereocenters. The van der Waals surface area contributed by atoms with Gasteiger partial charge < -0.3 is 4.98 Å². The molecule has 2 aromatic rings. The summed E-state index contributed by atoms with van der Waals surface area (Å²) in [6, 6.07) is 6.80. The van der Waals surface area contributed by atoms with Crippen molar-refractivity contribution in [2.75, 3.05) is 0 Å². The molecule has 5 nitrogen and oxygen atoms in total. The molecule has 0 fully saturated rings. The lowest BCUT2D eigenvalue weighted by Crippen LogP contribution is -2.28. The van der Waals surface area contributed by atoms with E-state index in [9.17, 15) is 8.42 Å². The molecule has 0 saturated carbocycles. The van der Waals surface area contributed by atoms with E-state index >= 15 is 0 Å². The van der Waals surface area contributed by atoms with Crippen molar-refractivity contribution in [3.63, 3.8) is 0 Å². The van der Waals surface area contributed by atoms with Crippen LogP contribution < -0.4 is 4.72 Å². The number of nitrogens with zero attached hydrogens (tertiary/aromatic N) is 1. The van der Waals surface area contributed by atoms with Gasteiger partial charge in [-0.1, -0.05) is 30.7 Å². The van der Waals surface area contributed by atoms with Gasteiger partial charge in [-0.05, 0) is 24.1 Å². The fraction of sp³-hybridized carbons (Fsp3) is 0.250. The summed E-state index contributed by atoms with van der Waals surface area (Å²) >= 11 is 5.82. The van der Waals surface area contributed by atoms with Gasteiger partial charge in [0.1, 0.15) is 0 Å². The minimum atomic E-state index is -3.59. The van der Waals surface area contributed by atoms with Crippen molar-refractivity contribution in [2.45, 2.75) is 24.4 Å². The van der Waals surface area contributed by atoms with Gasteiger partial charge in [0.05, 0.1) is 12.5 Å². The predicted molar refractivity (Wildman–Crippen MR) is 73.4 cm³/mol. The van der Waals surface area contributed by atoms with E-state index in [2.05, 4.69) is 14.7 Å². The average molecular weight is 300 g/mol. The highest BCUT2D eigenvalue weighted by Crippen LogP contribution is 2.21. The second-order valence-electron chi connectivity index (χ2n) is 4.05. The van der Waals surface area contributed by atoms with Crippen LogP contribution in [0.4, 0.5) is 0 Å². The maximum absolute atomic E-state index is 12.1. The third-order valence-corrected chi connectivity index (χ3v) is 4.39. The van der Waals surface area contributed by atoms with Crippen LogP contribution in [-0.4, -0.2) is 18.4 Å². The maximum Gasteiger partial charge on any atom is 0.258 e. The molecule has 0 saturated heterocycles. The molecule has 1 unspecified atom stereocenters. The molecular formula is C12H14ClN3O2S. The summed E-state index contributed by atoms with van der Waals surface area (Å²) in [5.74, 6) is 0. The molecule has 1 aromatic heterocycles. The van der Waals surface area contributed by atoms with Crippen LogP contribution in [0, 0.1) is 0 Å². The lowest BCUT2D eigenvalue weighted by atomic mass is 10.1. The number of aromatic amines is 1. The number of imidazole rings is 1. The van der Waals surface area contributed by atoms with Crippen molar-refractivity contribution in [3.05, 3.63) is 47.4 Å². The number of sulfonamides is 1. The van der Waals surface area contributed by atoms with Crippen molar-refractivity contribution >= 4 is 21.6 Å². The molecule has 2 rings (SSSR count). The van der Waals surface area contributed by atoms with Gasteiger partial charge in [-0.3, -0.25) is 0 Å². The molecule has 1 heterocycles. The summed E-state index contributed by atoms with van der Waals surface area (Å²) in [7, 11) is -3.59. The summed E-state index contributed by atoms with van der Waals surface area (Å²) in [6.45, 7) is 1.91. The van der Waals surface area contributed by atoms with Gasteiger partial charge in [0.25, 0.3) is 10.0 Å². The molecular weight excluding hydrogens is 286 g/mol. The monoisotopic (exact) mass is 299 g/mol. The Balaban J connectivity index is 2.22. The number of aromatic nitrogens is 2. The zero-order valence-electron chi connectivity index (χ0n) is 10.3. The Bertz CT molecular complexity index is 624. The van der Waals surface area contributed by atoms with E-state index in [0.29, 0.717) is 11.4 Å². The molecule has 1 aromatic carbocycles. The molecule has 19 heavy (non-hydrogen) atoms. The van der Waals surface area contributed by atoms with Crippen LogP contribution in [0.25, 0.3) is 0 Å². The highest BCUT2D eigenvalue weighted by atomic mass is 35.5. The highest BCUT2D eigenvalue weighted by Gasteiger charge is 2.21. The first kappa shape index (κ1) is 14.0. The van der Waals surface area contributed by atoms with Gasteiger partial charge in [-0.25, -0.2) is 18.1 Å². The van der Waals surface area contributed by atoms with Gasteiger partial charge in [0, 0.05) is 11.1 Å². The minimum absolute atomic E-state index is 0.0555. The first-order valence-corrected chi connectivity index (χ1v) is 7.65. The second kappa shape index (κ2) is 5.73. The summed E-state index contributed by atoms with van der Waals surface area (Å²) in [5, 5.41) is 0.676. The first-order valence-electron chi connectivity index (χ1n) is 5.79. The second-order valence-corrected chi connectivity index (χ2v) is 6.17. The molecule has 0 amide bonds. The molecule has 0 aliphatic rings. The Morgan fingerprint density at radius 1 is 1.37 bits per heavy atom. The lowest BCUT2D eigenvalue weighted by Gasteiger charge is -2.16. The van der Waals surface area contributed by atoms with Gasteiger partial charge in [-0.15, -0.1) is 0 Å². The summed E-state index contributed by atoms with van der Waals surface area (Å²) in [4.78, 5) is 6.30. The fourth-order valence-corrected chi connectivity index (χ4v) is 3.06. The van der Waals surface area contributed by atoms with E-state index in [1.165, 1.54) is 12.5 Å². The van der Waals surface area contributed by atoms with Crippen LogP contribution in [0.1, 0.15) is 24.9 Å². The van der Waals surface area contributed by atoms with E-state index < -0.39 is 10.0 Å². The number of rotatable bonds is 5. The van der Waals surface area contributed by atoms with Crippen LogP contribution in [0.15, 0.2) is 41.8 Å². The fourth-order valence-electron chi connectivity index (χ4n) is 1.72. The van der Waals surface area contributed by atoms with E-state index in [-0.39, 0.29) is 11.1 Å². The van der Waals surface area contributed by atoms with Gasteiger partial charge in [-0.2, -0.15) is 0 Å². The number of hydrogen-bond donors (Lipinski definition) is 2. The molecule has 0 bridgehead atoms. The Kier molecular flexibility index (Phi) is 4.24. The molecule has 102 valence electrons. The molecule has 7 heteroatoms. The topological polar surface area (TPSA) is 74.8 Å². The minimum Gasteiger partial charge on any atom is -0.335 e. The van der Waals surface area contributed by atoms with Crippen molar-refractivity contribution in [1.82, 2.24) is 14.7 Å². The molecule has 0 radical (unpaired) electrons. The van der Waals surface area contributed by atoms with E-state index in [1.807, 2.05) is 19.1 Å². The van der Waals surface area contributed by atoms with Crippen molar-refractivity contribution < 1.29 is 8.42 Å². The highest BCUT2D eigenvalue weighted by molar-refractivity contribution is 7.89. The summed E-state index contributed by atoms with van der Waals surface area (Å²) in [5.41, 5.74) is 0.870. The number of H-pyrrole nitrogens is 1. The summed E-state index contributed by atoms with van der Waals surface area (Å²) < 4.78 is 26.8. The molecule has 0 spiro atoms. The Morgan fingerprint density at radius 3 is 2.58 bits per heavy atom.